The minimum Gasteiger partial charge on any atom is -0.491 e. The zero-order chi connectivity index (χ0) is 12.6. The first kappa shape index (κ1) is 12.0. The van der Waals surface area contributed by atoms with Gasteiger partial charge >= 0.3 is 0 Å². The van der Waals surface area contributed by atoms with Crippen LogP contribution in [0.3, 0.4) is 0 Å². The minimum atomic E-state index is 0.229. The SMILES string of the molecule is CC(C)Oc1ccc(C2(C3CNC3)COC2)cc1. The molecule has 1 aromatic rings. The van der Waals surface area contributed by atoms with E-state index in [1.165, 1.54) is 5.56 Å². The zero-order valence-corrected chi connectivity index (χ0v) is 11.1. The molecule has 3 rings (SSSR count). The molecule has 98 valence electrons. The molecule has 0 aromatic heterocycles. The molecule has 0 aliphatic carbocycles. The standard InChI is InChI=1S/C15H21NO2/c1-11(2)18-14-5-3-12(4-6-14)15(9-17-10-15)13-7-16-8-13/h3-6,11,13,16H,7-10H2,1-2H3. The molecular formula is C15H21NO2. The summed E-state index contributed by atoms with van der Waals surface area (Å²) in [4.78, 5) is 0. The normalized spacial score (nSPS) is 22.4. The van der Waals surface area contributed by atoms with E-state index in [4.69, 9.17) is 9.47 Å². The first-order valence-electron chi connectivity index (χ1n) is 6.76. The molecule has 0 spiro atoms. The topological polar surface area (TPSA) is 30.5 Å². The van der Waals surface area contributed by atoms with Gasteiger partial charge < -0.3 is 14.8 Å². The molecule has 0 amide bonds. The molecule has 0 bridgehead atoms. The monoisotopic (exact) mass is 247 g/mol. The summed E-state index contributed by atoms with van der Waals surface area (Å²) in [6.07, 6.45) is 0.229. The minimum absolute atomic E-state index is 0.229. The van der Waals surface area contributed by atoms with Crippen molar-refractivity contribution in [3.63, 3.8) is 0 Å². The van der Waals surface area contributed by atoms with Crippen LogP contribution in [0.5, 0.6) is 5.75 Å². The lowest BCUT2D eigenvalue weighted by Gasteiger charge is -2.51. The van der Waals surface area contributed by atoms with E-state index in [2.05, 4.69) is 43.4 Å². The highest BCUT2D eigenvalue weighted by molar-refractivity contribution is 5.35. The van der Waals surface area contributed by atoms with Crippen LogP contribution in [0.4, 0.5) is 0 Å². The maximum atomic E-state index is 5.69. The van der Waals surface area contributed by atoms with Crippen molar-refractivity contribution in [1.82, 2.24) is 5.32 Å². The molecular weight excluding hydrogens is 226 g/mol. The van der Waals surface area contributed by atoms with Crippen LogP contribution in [0.15, 0.2) is 24.3 Å². The molecule has 3 nitrogen and oxygen atoms in total. The van der Waals surface area contributed by atoms with Crippen molar-refractivity contribution in [1.29, 1.82) is 0 Å². The van der Waals surface area contributed by atoms with E-state index in [0.717, 1.165) is 38.0 Å². The second-order valence-electron chi connectivity index (χ2n) is 5.70. The van der Waals surface area contributed by atoms with E-state index >= 15 is 0 Å². The van der Waals surface area contributed by atoms with Crippen LogP contribution < -0.4 is 10.1 Å². The fraction of sp³-hybridized carbons (Fsp3) is 0.600. The van der Waals surface area contributed by atoms with Gasteiger partial charge in [0.05, 0.1) is 19.3 Å². The molecule has 2 heterocycles. The lowest BCUT2D eigenvalue weighted by molar-refractivity contribution is -0.101. The van der Waals surface area contributed by atoms with Crippen molar-refractivity contribution < 1.29 is 9.47 Å². The van der Waals surface area contributed by atoms with Gasteiger partial charge in [-0.1, -0.05) is 12.1 Å². The molecule has 0 unspecified atom stereocenters. The van der Waals surface area contributed by atoms with E-state index in [1.807, 2.05) is 0 Å². The molecule has 1 N–H and O–H groups in total. The molecule has 0 atom stereocenters. The van der Waals surface area contributed by atoms with E-state index in [0.29, 0.717) is 0 Å². The predicted molar refractivity (Wildman–Crippen MR) is 71.1 cm³/mol. The summed E-state index contributed by atoms with van der Waals surface area (Å²) >= 11 is 0. The van der Waals surface area contributed by atoms with Gasteiger partial charge in [-0.05, 0) is 37.5 Å². The maximum absolute atomic E-state index is 5.69. The van der Waals surface area contributed by atoms with Crippen molar-refractivity contribution in [2.24, 2.45) is 5.92 Å². The van der Waals surface area contributed by atoms with Gasteiger partial charge in [-0.2, -0.15) is 0 Å². The Balaban J connectivity index is 1.78. The molecule has 0 radical (unpaired) electrons. The van der Waals surface area contributed by atoms with Crippen LogP contribution in [0.1, 0.15) is 19.4 Å². The quantitative estimate of drug-likeness (QED) is 0.882. The third kappa shape index (κ3) is 1.91. The summed E-state index contributed by atoms with van der Waals surface area (Å²) in [7, 11) is 0. The average molecular weight is 247 g/mol. The Morgan fingerprint density at radius 1 is 1.22 bits per heavy atom. The van der Waals surface area contributed by atoms with E-state index in [9.17, 15) is 0 Å². The molecule has 2 saturated heterocycles. The highest BCUT2D eigenvalue weighted by atomic mass is 16.5. The third-order valence-electron chi connectivity index (χ3n) is 4.08. The molecule has 0 saturated carbocycles. The van der Waals surface area contributed by atoms with E-state index < -0.39 is 0 Å². The predicted octanol–water partition coefficient (Wildman–Crippen LogP) is 1.96. The largest absolute Gasteiger partial charge is 0.491 e. The first-order valence-corrected chi connectivity index (χ1v) is 6.76. The Kier molecular flexibility index (Phi) is 3.04. The lowest BCUT2D eigenvalue weighted by Crippen LogP contribution is -2.62. The van der Waals surface area contributed by atoms with Gasteiger partial charge in [0.15, 0.2) is 0 Å². The van der Waals surface area contributed by atoms with Crippen LogP contribution >= 0.6 is 0 Å². The Morgan fingerprint density at radius 3 is 2.28 bits per heavy atom. The molecule has 1 aromatic carbocycles. The maximum Gasteiger partial charge on any atom is 0.119 e. The van der Waals surface area contributed by atoms with Crippen molar-refractivity contribution in [2.45, 2.75) is 25.4 Å². The van der Waals surface area contributed by atoms with Crippen molar-refractivity contribution >= 4 is 0 Å². The van der Waals surface area contributed by atoms with Crippen molar-refractivity contribution in [3.05, 3.63) is 29.8 Å². The fourth-order valence-corrected chi connectivity index (χ4v) is 2.78. The van der Waals surface area contributed by atoms with E-state index in [-0.39, 0.29) is 11.5 Å². The van der Waals surface area contributed by atoms with Gasteiger partial charge in [0.2, 0.25) is 0 Å². The Morgan fingerprint density at radius 2 is 1.89 bits per heavy atom. The number of nitrogens with one attached hydrogen (secondary N) is 1. The van der Waals surface area contributed by atoms with Crippen LogP contribution in [-0.4, -0.2) is 32.4 Å². The number of hydrogen-bond acceptors (Lipinski definition) is 3. The van der Waals surface area contributed by atoms with Gasteiger partial charge in [-0.25, -0.2) is 0 Å². The van der Waals surface area contributed by atoms with Crippen molar-refractivity contribution in [2.75, 3.05) is 26.3 Å². The molecule has 2 aliphatic heterocycles. The third-order valence-corrected chi connectivity index (χ3v) is 4.08. The summed E-state index contributed by atoms with van der Waals surface area (Å²) in [5.74, 6) is 1.68. The Labute approximate surface area is 108 Å². The number of rotatable bonds is 4. The number of benzene rings is 1. The van der Waals surface area contributed by atoms with Crippen LogP contribution in [0.25, 0.3) is 0 Å². The van der Waals surface area contributed by atoms with Gasteiger partial charge in [0.1, 0.15) is 5.75 Å². The fourth-order valence-electron chi connectivity index (χ4n) is 2.78. The van der Waals surface area contributed by atoms with Crippen LogP contribution in [0.2, 0.25) is 0 Å². The van der Waals surface area contributed by atoms with Crippen LogP contribution in [0, 0.1) is 5.92 Å². The van der Waals surface area contributed by atoms with Gasteiger partial charge in [-0.15, -0.1) is 0 Å². The van der Waals surface area contributed by atoms with Gasteiger partial charge in [0.25, 0.3) is 0 Å². The number of ether oxygens (including phenoxy) is 2. The second kappa shape index (κ2) is 4.56. The summed E-state index contributed by atoms with van der Waals surface area (Å²) < 4.78 is 11.2. The van der Waals surface area contributed by atoms with Gasteiger partial charge in [-0.3, -0.25) is 0 Å². The Hall–Kier alpha value is -1.06. The Bertz CT molecular complexity index is 405. The smallest absolute Gasteiger partial charge is 0.119 e. The van der Waals surface area contributed by atoms with Gasteiger partial charge in [0, 0.05) is 18.5 Å². The molecule has 18 heavy (non-hydrogen) atoms. The first-order chi connectivity index (χ1) is 8.71. The van der Waals surface area contributed by atoms with Crippen LogP contribution in [-0.2, 0) is 10.2 Å². The summed E-state index contributed by atoms with van der Waals surface area (Å²) in [5, 5.41) is 3.36. The highest BCUT2D eigenvalue weighted by Crippen LogP contribution is 2.41. The molecule has 2 fully saturated rings. The molecule has 2 aliphatic rings. The summed E-state index contributed by atoms with van der Waals surface area (Å²) in [5.41, 5.74) is 1.65. The zero-order valence-electron chi connectivity index (χ0n) is 11.1. The van der Waals surface area contributed by atoms with Crippen molar-refractivity contribution in [3.8, 4) is 5.75 Å². The second-order valence-corrected chi connectivity index (χ2v) is 5.70. The number of hydrogen-bond donors (Lipinski definition) is 1. The average Bonchev–Trinajstić information content (AvgIpc) is 2.21. The highest BCUT2D eigenvalue weighted by Gasteiger charge is 2.49. The summed E-state index contributed by atoms with van der Waals surface area (Å²) in [6.45, 7) is 8.07. The summed E-state index contributed by atoms with van der Waals surface area (Å²) in [6, 6.07) is 8.58. The lowest BCUT2D eigenvalue weighted by atomic mass is 9.66. The molecule has 3 heteroatoms. The van der Waals surface area contributed by atoms with E-state index in [1.54, 1.807) is 0 Å².